The van der Waals surface area contributed by atoms with Crippen LogP contribution in [0.4, 0.5) is 5.13 Å². The maximum Gasteiger partial charge on any atom is 0.262 e. The Balaban J connectivity index is 1.84. The summed E-state index contributed by atoms with van der Waals surface area (Å²) in [5, 5.41) is 0.555. The highest BCUT2D eigenvalue weighted by Gasteiger charge is 2.26. The minimum Gasteiger partial charge on any atom is -0.494 e. The normalized spacial score (nSPS) is 11.0. The maximum atomic E-state index is 13.4. The standard InChI is InChI=1S/C20H15Cl2N3O2S2/c1-11-5-6-14(27-2)16-17(11)29-20(24-16)25(10-12-4-3-7-23-9-12)19(26)13-8-15(21)28-18(13)22/h3-9H,10H2,1-2H3. The highest BCUT2D eigenvalue weighted by molar-refractivity contribution is 7.22. The van der Waals surface area contributed by atoms with E-state index in [1.807, 2.05) is 31.2 Å². The first-order valence-corrected chi connectivity index (χ1v) is 11.0. The number of halogens is 2. The molecular formula is C20H15Cl2N3O2S2. The second kappa shape index (κ2) is 8.28. The summed E-state index contributed by atoms with van der Waals surface area (Å²) in [6.07, 6.45) is 3.42. The lowest BCUT2D eigenvalue weighted by atomic mass is 10.2. The molecule has 148 valence electrons. The zero-order chi connectivity index (χ0) is 20.5. The molecule has 5 nitrogen and oxygen atoms in total. The number of hydrogen-bond acceptors (Lipinski definition) is 6. The highest BCUT2D eigenvalue weighted by atomic mass is 35.5. The van der Waals surface area contributed by atoms with E-state index in [2.05, 4.69) is 4.98 Å². The summed E-state index contributed by atoms with van der Waals surface area (Å²) in [4.78, 5) is 23.9. The van der Waals surface area contributed by atoms with E-state index >= 15 is 0 Å². The van der Waals surface area contributed by atoms with E-state index in [9.17, 15) is 4.79 Å². The molecule has 0 atom stereocenters. The number of fused-ring (bicyclic) bond motifs is 1. The Morgan fingerprint density at radius 1 is 1.24 bits per heavy atom. The lowest BCUT2D eigenvalue weighted by molar-refractivity contribution is 0.0985. The number of aryl methyl sites for hydroxylation is 1. The predicted molar refractivity (Wildman–Crippen MR) is 120 cm³/mol. The van der Waals surface area contributed by atoms with Crippen molar-refractivity contribution in [3.63, 3.8) is 0 Å². The molecule has 9 heteroatoms. The number of ether oxygens (including phenoxy) is 1. The summed E-state index contributed by atoms with van der Waals surface area (Å²) in [6, 6.07) is 9.19. The van der Waals surface area contributed by atoms with Gasteiger partial charge in [0.1, 0.15) is 15.6 Å². The van der Waals surface area contributed by atoms with E-state index in [0.717, 1.165) is 32.7 Å². The van der Waals surface area contributed by atoms with Gasteiger partial charge in [-0.05, 0) is 36.2 Å². The average molecular weight is 464 g/mol. The van der Waals surface area contributed by atoms with Crippen molar-refractivity contribution in [3.8, 4) is 5.75 Å². The topological polar surface area (TPSA) is 55.3 Å². The number of amides is 1. The van der Waals surface area contributed by atoms with Gasteiger partial charge in [0.2, 0.25) is 0 Å². The second-order valence-corrected chi connectivity index (χ2v) is 9.51. The number of carbonyl (C=O) groups is 1. The van der Waals surface area contributed by atoms with Gasteiger partial charge < -0.3 is 4.74 Å². The summed E-state index contributed by atoms with van der Waals surface area (Å²) in [5.41, 5.74) is 3.02. The smallest absolute Gasteiger partial charge is 0.262 e. The van der Waals surface area contributed by atoms with Gasteiger partial charge in [-0.3, -0.25) is 14.7 Å². The van der Waals surface area contributed by atoms with Gasteiger partial charge in [0.25, 0.3) is 5.91 Å². The largest absolute Gasteiger partial charge is 0.494 e. The summed E-state index contributed by atoms with van der Waals surface area (Å²) in [6.45, 7) is 2.31. The number of hydrogen-bond donors (Lipinski definition) is 0. The Labute approximate surface area is 185 Å². The first-order valence-electron chi connectivity index (χ1n) is 8.57. The predicted octanol–water partition coefficient (Wildman–Crippen LogP) is 6.22. The van der Waals surface area contributed by atoms with Gasteiger partial charge in [-0.1, -0.05) is 46.7 Å². The van der Waals surface area contributed by atoms with Crippen LogP contribution in [0.3, 0.4) is 0 Å². The molecule has 4 aromatic rings. The Bertz CT molecular complexity index is 1190. The minimum absolute atomic E-state index is 0.266. The molecule has 0 saturated heterocycles. The van der Waals surface area contributed by atoms with Crippen LogP contribution >= 0.6 is 45.9 Å². The van der Waals surface area contributed by atoms with E-state index in [-0.39, 0.29) is 5.91 Å². The number of thiazole rings is 1. The van der Waals surface area contributed by atoms with Gasteiger partial charge in [0.15, 0.2) is 5.13 Å². The quantitative estimate of drug-likeness (QED) is 0.352. The van der Waals surface area contributed by atoms with Crippen LogP contribution in [-0.4, -0.2) is 23.0 Å². The zero-order valence-electron chi connectivity index (χ0n) is 15.5. The van der Waals surface area contributed by atoms with Gasteiger partial charge >= 0.3 is 0 Å². The summed E-state index contributed by atoms with van der Waals surface area (Å²) >= 11 is 14.9. The Morgan fingerprint density at radius 3 is 2.72 bits per heavy atom. The van der Waals surface area contributed by atoms with Crippen molar-refractivity contribution in [2.24, 2.45) is 0 Å². The minimum atomic E-state index is -0.266. The van der Waals surface area contributed by atoms with Crippen LogP contribution in [0.15, 0.2) is 42.7 Å². The molecule has 0 N–H and O–H groups in total. The van der Waals surface area contributed by atoms with E-state index in [1.165, 1.54) is 11.3 Å². The van der Waals surface area contributed by atoms with E-state index in [1.54, 1.807) is 30.5 Å². The number of pyridine rings is 1. The van der Waals surface area contributed by atoms with Crippen LogP contribution in [0.25, 0.3) is 10.2 Å². The molecule has 0 fully saturated rings. The van der Waals surface area contributed by atoms with Crippen LogP contribution in [-0.2, 0) is 6.54 Å². The molecule has 3 heterocycles. The van der Waals surface area contributed by atoms with E-state index in [0.29, 0.717) is 31.7 Å². The van der Waals surface area contributed by atoms with Gasteiger partial charge in [-0.2, -0.15) is 0 Å². The highest BCUT2D eigenvalue weighted by Crippen LogP contribution is 2.39. The van der Waals surface area contributed by atoms with Crippen molar-refractivity contribution < 1.29 is 9.53 Å². The Kier molecular flexibility index (Phi) is 5.74. The van der Waals surface area contributed by atoms with Crippen molar-refractivity contribution in [2.75, 3.05) is 12.0 Å². The lowest BCUT2D eigenvalue weighted by Gasteiger charge is -2.19. The third-order valence-corrected chi connectivity index (χ3v) is 7.04. The molecular weight excluding hydrogens is 449 g/mol. The average Bonchev–Trinajstić information content (AvgIpc) is 3.30. The number of methoxy groups -OCH3 is 1. The first-order chi connectivity index (χ1) is 14.0. The van der Waals surface area contributed by atoms with Crippen LogP contribution < -0.4 is 9.64 Å². The molecule has 1 amide bonds. The molecule has 0 saturated carbocycles. The Morgan fingerprint density at radius 2 is 2.07 bits per heavy atom. The fraction of sp³-hybridized carbons (Fsp3) is 0.150. The first kappa shape index (κ1) is 20.1. The fourth-order valence-electron chi connectivity index (χ4n) is 2.91. The molecule has 3 aromatic heterocycles. The number of nitrogens with zero attached hydrogens (tertiary/aromatic N) is 3. The number of aromatic nitrogens is 2. The lowest BCUT2D eigenvalue weighted by Crippen LogP contribution is -2.30. The van der Waals surface area contributed by atoms with Crippen molar-refractivity contribution >= 4 is 67.1 Å². The molecule has 0 radical (unpaired) electrons. The van der Waals surface area contributed by atoms with Crippen molar-refractivity contribution in [3.05, 3.63) is 68.1 Å². The molecule has 0 aliphatic carbocycles. The maximum absolute atomic E-state index is 13.4. The van der Waals surface area contributed by atoms with Crippen molar-refractivity contribution in [2.45, 2.75) is 13.5 Å². The van der Waals surface area contributed by atoms with Crippen LogP contribution in [0, 0.1) is 6.92 Å². The van der Waals surface area contributed by atoms with Gasteiger partial charge in [-0.25, -0.2) is 4.98 Å². The van der Waals surface area contributed by atoms with Crippen molar-refractivity contribution in [1.82, 2.24) is 9.97 Å². The molecule has 1 aromatic carbocycles. The third kappa shape index (κ3) is 3.96. The van der Waals surface area contributed by atoms with Gasteiger partial charge in [0.05, 0.1) is 28.3 Å². The number of rotatable bonds is 5. The SMILES string of the molecule is COc1ccc(C)c2sc(N(Cc3cccnc3)C(=O)c3cc(Cl)sc3Cl)nc12. The summed E-state index contributed by atoms with van der Waals surface area (Å²) < 4.78 is 7.24. The number of thiophene rings is 1. The van der Waals surface area contributed by atoms with Crippen molar-refractivity contribution in [1.29, 1.82) is 0 Å². The molecule has 0 aliphatic heterocycles. The zero-order valence-corrected chi connectivity index (χ0v) is 18.6. The number of benzene rings is 1. The number of carbonyl (C=O) groups excluding carboxylic acids is 1. The van der Waals surface area contributed by atoms with E-state index in [4.69, 9.17) is 32.9 Å². The molecule has 29 heavy (non-hydrogen) atoms. The molecule has 0 aliphatic rings. The Hall–Kier alpha value is -2.19. The van der Waals surface area contributed by atoms with Crippen LogP contribution in [0.5, 0.6) is 5.75 Å². The summed E-state index contributed by atoms with van der Waals surface area (Å²) in [5.74, 6) is 0.399. The fourth-order valence-corrected chi connectivity index (χ4v) is 5.41. The third-order valence-electron chi connectivity index (χ3n) is 4.34. The monoisotopic (exact) mass is 463 g/mol. The van der Waals surface area contributed by atoms with Crippen LogP contribution in [0.2, 0.25) is 8.67 Å². The number of anilines is 1. The molecule has 4 rings (SSSR count). The molecule has 0 bridgehead atoms. The van der Waals surface area contributed by atoms with Gasteiger partial charge in [-0.15, -0.1) is 11.3 Å². The molecule has 0 unspecified atom stereocenters. The van der Waals surface area contributed by atoms with Gasteiger partial charge in [0, 0.05) is 12.4 Å². The molecule has 0 spiro atoms. The van der Waals surface area contributed by atoms with Crippen LogP contribution in [0.1, 0.15) is 21.5 Å². The second-order valence-electron chi connectivity index (χ2n) is 6.25. The van der Waals surface area contributed by atoms with E-state index < -0.39 is 0 Å². The summed E-state index contributed by atoms with van der Waals surface area (Å²) in [7, 11) is 1.61.